The first-order valence-electron chi connectivity index (χ1n) is 10.4. The molecule has 7 nitrogen and oxygen atoms in total. The van der Waals surface area contributed by atoms with E-state index in [4.69, 9.17) is 11.6 Å². The first-order chi connectivity index (χ1) is 15.4. The highest BCUT2D eigenvalue weighted by Gasteiger charge is 2.31. The maximum absolute atomic E-state index is 12.7. The Morgan fingerprint density at radius 2 is 2.03 bits per heavy atom. The van der Waals surface area contributed by atoms with Crippen LogP contribution in [-0.2, 0) is 34.4 Å². The fourth-order valence-electron chi connectivity index (χ4n) is 4.47. The lowest BCUT2D eigenvalue weighted by Crippen LogP contribution is -2.39. The van der Waals surface area contributed by atoms with Crippen molar-refractivity contribution in [3.63, 3.8) is 0 Å². The van der Waals surface area contributed by atoms with Gasteiger partial charge in [0.05, 0.1) is 35.9 Å². The van der Waals surface area contributed by atoms with Crippen LogP contribution in [0.5, 0.6) is 0 Å². The Morgan fingerprint density at radius 1 is 1.19 bits per heavy atom. The molecule has 0 saturated carbocycles. The summed E-state index contributed by atoms with van der Waals surface area (Å²) in [6, 6.07) is 11.5. The third-order valence-electron chi connectivity index (χ3n) is 6.05. The lowest BCUT2D eigenvalue weighted by Gasteiger charge is -2.23. The summed E-state index contributed by atoms with van der Waals surface area (Å²) in [5.41, 5.74) is 5.04. The van der Waals surface area contributed by atoms with E-state index in [0.29, 0.717) is 36.4 Å². The highest BCUT2D eigenvalue weighted by Crippen LogP contribution is 2.39. The van der Waals surface area contributed by atoms with Gasteiger partial charge in [0.25, 0.3) is 0 Å². The molecule has 162 valence electrons. The number of imidazole rings is 1. The van der Waals surface area contributed by atoms with Gasteiger partial charge in [-0.2, -0.15) is 0 Å². The average Bonchev–Trinajstić information content (AvgIpc) is 3.31. The van der Waals surface area contributed by atoms with Gasteiger partial charge in [-0.25, -0.2) is 4.98 Å². The van der Waals surface area contributed by atoms with E-state index in [-0.39, 0.29) is 17.7 Å². The molecule has 2 aliphatic heterocycles. The number of fused-ring (bicyclic) bond motifs is 1. The Bertz CT molecular complexity index is 1270. The number of aromatic nitrogens is 2. The second-order valence-corrected chi connectivity index (χ2v) is 8.62. The largest absolute Gasteiger partial charge is 0.340 e. The molecule has 0 spiro atoms. The molecule has 32 heavy (non-hydrogen) atoms. The SMILES string of the molecule is Cn1cnc(CN2C(=O)Cc3cc(-c4cccc(C5CCC(=O)NC5=O)c4Cl)ccc32)c1. The number of rotatable bonds is 4. The minimum atomic E-state index is -0.454. The topological polar surface area (TPSA) is 84.3 Å². The Morgan fingerprint density at radius 3 is 2.78 bits per heavy atom. The van der Waals surface area contributed by atoms with Crippen molar-refractivity contribution in [3.05, 3.63) is 70.8 Å². The van der Waals surface area contributed by atoms with Crippen molar-refractivity contribution in [2.45, 2.75) is 31.7 Å². The maximum atomic E-state index is 12.7. The zero-order valence-corrected chi connectivity index (χ0v) is 18.2. The quantitative estimate of drug-likeness (QED) is 0.620. The molecular formula is C24H21ClN4O3. The number of amides is 3. The van der Waals surface area contributed by atoms with Gasteiger partial charge in [-0.05, 0) is 35.2 Å². The molecule has 0 radical (unpaired) electrons. The lowest BCUT2D eigenvalue weighted by atomic mass is 9.88. The highest BCUT2D eigenvalue weighted by molar-refractivity contribution is 6.34. The average molecular weight is 449 g/mol. The summed E-state index contributed by atoms with van der Waals surface area (Å²) in [5.74, 6) is -0.988. The Labute approximate surface area is 190 Å². The number of nitrogens with zero attached hydrogens (tertiary/aromatic N) is 3. The summed E-state index contributed by atoms with van der Waals surface area (Å²) in [7, 11) is 1.90. The Balaban J connectivity index is 1.46. The predicted molar refractivity (Wildman–Crippen MR) is 120 cm³/mol. The van der Waals surface area contributed by atoms with Crippen LogP contribution in [0.15, 0.2) is 48.9 Å². The molecule has 1 fully saturated rings. The number of hydrogen-bond acceptors (Lipinski definition) is 4. The number of nitrogens with one attached hydrogen (secondary N) is 1. The van der Waals surface area contributed by atoms with Crippen LogP contribution in [0.25, 0.3) is 11.1 Å². The van der Waals surface area contributed by atoms with E-state index >= 15 is 0 Å². The van der Waals surface area contributed by atoms with Gasteiger partial charge in [0.2, 0.25) is 17.7 Å². The third-order valence-corrected chi connectivity index (χ3v) is 6.47. The molecule has 3 heterocycles. The summed E-state index contributed by atoms with van der Waals surface area (Å²) >= 11 is 6.74. The molecule has 1 saturated heterocycles. The van der Waals surface area contributed by atoms with E-state index in [1.54, 1.807) is 11.2 Å². The fourth-order valence-corrected chi connectivity index (χ4v) is 4.83. The third kappa shape index (κ3) is 3.58. The van der Waals surface area contributed by atoms with Gasteiger partial charge < -0.3 is 9.47 Å². The number of carbonyl (C=O) groups excluding carboxylic acids is 3. The van der Waals surface area contributed by atoms with Crippen molar-refractivity contribution in [2.75, 3.05) is 4.90 Å². The van der Waals surface area contributed by atoms with Crippen LogP contribution >= 0.6 is 11.6 Å². The second kappa shape index (κ2) is 7.91. The number of imide groups is 1. The highest BCUT2D eigenvalue weighted by atomic mass is 35.5. The number of benzene rings is 2. The monoisotopic (exact) mass is 448 g/mol. The minimum absolute atomic E-state index is 0.0335. The lowest BCUT2D eigenvalue weighted by molar-refractivity contribution is -0.134. The van der Waals surface area contributed by atoms with Crippen LogP contribution in [0.2, 0.25) is 5.02 Å². The van der Waals surface area contributed by atoms with Crippen LogP contribution < -0.4 is 10.2 Å². The van der Waals surface area contributed by atoms with E-state index < -0.39 is 5.92 Å². The van der Waals surface area contributed by atoms with Crippen molar-refractivity contribution in [1.82, 2.24) is 14.9 Å². The van der Waals surface area contributed by atoms with E-state index in [2.05, 4.69) is 10.3 Å². The number of anilines is 1. The summed E-state index contributed by atoms with van der Waals surface area (Å²) in [6.07, 6.45) is 4.68. The van der Waals surface area contributed by atoms with Gasteiger partial charge in [-0.1, -0.05) is 35.9 Å². The van der Waals surface area contributed by atoms with Crippen molar-refractivity contribution < 1.29 is 14.4 Å². The first-order valence-corrected chi connectivity index (χ1v) is 10.8. The van der Waals surface area contributed by atoms with Crippen LogP contribution in [0.4, 0.5) is 5.69 Å². The fraction of sp³-hybridized carbons (Fsp3) is 0.250. The molecule has 1 aromatic heterocycles. The molecule has 5 rings (SSSR count). The second-order valence-electron chi connectivity index (χ2n) is 8.24. The van der Waals surface area contributed by atoms with Crippen molar-refractivity contribution >= 4 is 35.0 Å². The normalized spacial score (nSPS) is 18.1. The van der Waals surface area contributed by atoms with Crippen LogP contribution in [0.3, 0.4) is 0 Å². The predicted octanol–water partition coefficient (Wildman–Crippen LogP) is 3.35. The van der Waals surface area contributed by atoms with Gasteiger partial charge in [0.15, 0.2) is 0 Å². The van der Waals surface area contributed by atoms with E-state index in [0.717, 1.165) is 28.1 Å². The van der Waals surface area contributed by atoms with E-state index in [1.807, 2.05) is 54.2 Å². The van der Waals surface area contributed by atoms with Crippen LogP contribution in [0, 0.1) is 0 Å². The molecule has 0 bridgehead atoms. The van der Waals surface area contributed by atoms with Gasteiger partial charge in [0, 0.05) is 30.9 Å². The summed E-state index contributed by atoms with van der Waals surface area (Å²) in [4.78, 5) is 42.6. The van der Waals surface area contributed by atoms with Crippen molar-refractivity contribution in [3.8, 4) is 11.1 Å². The Kier molecular flexibility index (Phi) is 5.06. The number of aryl methyl sites for hydroxylation is 1. The van der Waals surface area contributed by atoms with Gasteiger partial charge in [-0.15, -0.1) is 0 Å². The molecular weight excluding hydrogens is 428 g/mol. The molecule has 3 aromatic rings. The van der Waals surface area contributed by atoms with Crippen LogP contribution in [-0.4, -0.2) is 27.3 Å². The summed E-state index contributed by atoms with van der Waals surface area (Å²) < 4.78 is 1.86. The number of hydrogen-bond donors (Lipinski definition) is 1. The molecule has 3 amide bonds. The molecule has 2 aromatic carbocycles. The van der Waals surface area contributed by atoms with E-state index in [9.17, 15) is 14.4 Å². The molecule has 1 N–H and O–H groups in total. The smallest absolute Gasteiger partial charge is 0.234 e. The molecule has 8 heteroatoms. The van der Waals surface area contributed by atoms with Gasteiger partial charge in [-0.3, -0.25) is 19.7 Å². The molecule has 0 aliphatic carbocycles. The summed E-state index contributed by atoms with van der Waals surface area (Å²) in [6.45, 7) is 0.428. The number of halogens is 1. The number of piperidine rings is 1. The zero-order valence-electron chi connectivity index (χ0n) is 17.5. The molecule has 2 aliphatic rings. The molecule has 1 atom stereocenters. The van der Waals surface area contributed by atoms with Crippen molar-refractivity contribution in [2.24, 2.45) is 7.05 Å². The molecule has 1 unspecified atom stereocenters. The van der Waals surface area contributed by atoms with Crippen molar-refractivity contribution in [1.29, 1.82) is 0 Å². The summed E-state index contributed by atoms with van der Waals surface area (Å²) in [5, 5.41) is 2.89. The standard InChI is InChI=1S/C24H21ClN4O3/c1-28-11-16(26-13-28)12-29-20-7-5-14(9-15(20)10-22(29)31)17-3-2-4-18(23(17)25)19-6-8-21(30)27-24(19)32/h2-5,7,9,11,13,19H,6,8,10,12H2,1H3,(H,27,30,32). The van der Waals surface area contributed by atoms with Gasteiger partial charge >= 0.3 is 0 Å². The van der Waals surface area contributed by atoms with Gasteiger partial charge in [0.1, 0.15) is 0 Å². The van der Waals surface area contributed by atoms with E-state index in [1.165, 1.54) is 0 Å². The minimum Gasteiger partial charge on any atom is -0.340 e. The zero-order chi connectivity index (χ0) is 22.4. The van der Waals surface area contributed by atoms with Crippen LogP contribution in [0.1, 0.15) is 35.6 Å². The number of carbonyl (C=O) groups is 3. The maximum Gasteiger partial charge on any atom is 0.234 e. The first kappa shape index (κ1) is 20.5. The Hall–Kier alpha value is -3.45.